The van der Waals surface area contributed by atoms with Gasteiger partial charge in [0.2, 0.25) is 0 Å². The summed E-state index contributed by atoms with van der Waals surface area (Å²) in [6, 6.07) is 15.6. The summed E-state index contributed by atoms with van der Waals surface area (Å²) in [5.74, 6) is 1.21. The van der Waals surface area contributed by atoms with Gasteiger partial charge in [0, 0.05) is 37.8 Å². The summed E-state index contributed by atoms with van der Waals surface area (Å²) in [5, 5.41) is 0. The van der Waals surface area contributed by atoms with Crippen LogP contribution in [0.3, 0.4) is 0 Å². The Bertz CT molecular complexity index is 806. The van der Waals surface area contributed by atoms with Crippen molar-refractivity contribution in [2.75, 3.05) is 46.6 Å². The molecule has 3 rings (SSSR count). The van der Waals surface area contributed by atoms with Crippen LogP contribution in [0.2, 0.25) is 0 Å². The number of hydrogen-bond acceptors (Lipinski definition) is 5. The maximum Gasteiger partial charge on any atom is 0.254 e. The molecule has 2 aromatic rings. The third-order valence-corrected chi connectivity index (χ3v) is 5.33. The molecular formula is C24H32N2O4. The molecule has 0 bridgehead atoms. The van der Waals surface area contributed by atoms with Crippen LogP contribution in [-0.2, 0) is 11.3 Å². The first-order valence-electron chi connectivity index (χ1n) is 10.6. The zero-order valence-electron chi connectivity index (χ0n) is 18.2. The van der Waals surface area contributed by atoms with E-state index in [2.05, 4.69) is 24.0 Å². The highest BCUT2D eigenvalue weighted by Crippen LogP contribution is 2.29. The van der Waals surface area contributed by atoms with E-state index in [1.54, 1.807) is 19.2 Å². The van der Waals surface area contributed by atoms with Gasteiger partial charge in [0.15, 0.2) is 11.5 Å². The van der Waals surface area contributed by atoms with Gasteiger partial charge in [-0.2, -0.15) is 0 Å². The van der Waals surface area contributed by atoms with Gasteiger partial charge in [-0.1, -0.05) is 30.3 Å². The zero-order valence-corrected chi connectivity index (χ0v) is 18.2. The first-order chi connectivity index (χ1) is 14.6. The van der Waals surface area contributed by atoms with Gasteiger partial charge in [-0.25, -0.2) is 0 Å². The predicted octanol–water partition coefficient (Wildman–Crippen LogP) is 3.46. The molecule has 0 spiro atoms. The molecule has 0 saturated carbocycles. The van der Waals surface area contributed by atoms with E-state index in [9.17, 15) is 4.79 Å². The third kappa shape index (κ3) is 5.74. The summed E-state index contributed by atoms with van der Waals surface area (Å²) in [6.07, 6.45) is 0. The van der Waals surface area contributed by atoms with Gasteiger partial charge in [-0.05, 0) is 37.6 Å². The summed E-state index contributed by atoms with van der Waals surface area (Å²) in [5.41, 5.74) is 1.71. The predicted molar refractivity (Wildman–Crippen MR) is 117 cm³/mol. The van der Waals surface area contributed by atoms with Crippen LogP contribution in [-0.4, -0.2) is 68.3 Å². The minimum absolute atomic E-state index is 0.0109. The number of carbonyl (C=O) groups is 1. The fraction of sp³-hybridized carbons (Fsp3) is 0.458. The van der Waals surface area contributed by atoms with Crippen LogP contribution in [0.25, 0.3) is 0 Å². The fourth-order valence-electron chi connectivity index (χ4n) is 3.71. The molecule has 1 aliphatic heterocycles. The van der Waals surface area contributed by atoms with Gasteiger partial charge >= 0.3 is 0 Å². The Balaban J connectivity index is 1.84. The molecule has 162 valence electrons. The van der Waals surface area contributed by atoms with Crippen molar-refractivity contribution in [2.24, 2.45) is 0 Å². The van der Waals surface area contributed by atoms with Crippen molar-refractivity contribution in [3.8, 4) is 11.5 Å². The molecule has 6 heteroatoms. The second-order valence-electron chi connectivity index (χ2n) is 7.48. The lowest BCUT2D eigenvalue weighted by molar-refractivity contribution is 0.0228. The summed E-state index contributed by atoms with van der Waals surface area (Å²) in [6.45, 7) is 9.20. The monoisotopic (exact) mass is 412 g/mol. The van der Waals surface area contributed by atoms with Crippen LogP contribution >= 0.6 is 0 Å². The quantitative estimate of drug-likeness (QED) is 0.631. The lowest BCUT2D eigenvalue weighted by Gasteiger charge is -2.35. The average Bonchev–Trinajstić information content (AvgIpc) is 2.78. The van der Waals surface area contributed by atoms with Gasteiger partial charge in [-0.15, -0.1) is 0 Å². The van der Waals surface area contributed by atoms with Crippen LogP contribution < -0.4 is 9.47 Å². The van der Waals surface area contributed by atoms with Gasteiger partial charge in [-0.3, -0.25) is 9.69 Å². The molecule has 6 nitrogen and oxygen atoms in total. The molecular weight excluding hydrogens is 380 g/mol. The Hall–Kier alpha value is -2.57. The molecule has 0 aromatic heterocycles. The van der Waals surface area contributed by atoms with Crippen LogP contribution in [0.15, 0.2) is 48.5 Å². The van der Waals surface area contributed by atoms with Gasteiger partial charge < -0.3 is 19.1 Å². The standard InChI is InChI=1S/C24H32N2O4/c1-4-30-23-16-21(10-11-22(23)28-3)24(27)26(18-20-8-6-5-7-9-20)19(2)17-25-12-14-29-15-13-25/h5-11,16,19H,4,12-15,17-18H2,1-3H3. The maximum atomic E-state index is 13.6. The number of morpholine rings is 1. The normalized spacial score (nSPS) is 15.4. The number of rotatable bonds is 9. The second-order valence-corrected chi connectivity index (χ2v) is 7.48. The lowest BCUT2D eigenvalue weighted by atomic mass is 10.1. The minimum Gasteiger partial charge on any atom is -0.493 e. The van der Waals surface area contributed by atoms with Gasteiger partial charge in [0.25, 0.3) is 5.91 Å². The lowest BCUT2D eigenvalue weighted by Crippen LogP contribution is -2.48. The summed E-state index contributed by atoms with van der Waals surface area (Å²) >= 11 is 0. The first-order valence-corrected chi connectivity index (χ1v) is 10.6. The van der Waals surface area contributed by atoms with E-state index in [1.165, 1.54) is 0 Å². The average molecular weight is 413 g/mol. The number of hydrogen-bond donors (Lipinski definition) is 0. The SMILES string of the molecule is CCOc1cc(C(=O)N(Cc2ccccc2)C(C)CN2CCOCC2)ccc1OC. The molecule has 1 saturated heterocycles. The highest BCUT2D eigenvalue weighted by atomic mass is 16.5. The Morgan fingerprint density at radius 1 is 1.13 bits per heavy atom. The van der Waals surface area contributed by atoms with E-state index in [1.807, 2.05) is 36.1 Å². The second kappa shape index (κ2) is 11.0. The minimum atomic E-state index is -0.0109. The number of carbonyl (C=O) groups excluding carboxylic acids is 1. The Labute approximate surface area is 179 Å². The van der Waals surface area contributed by atoms with Crippen molar-refractivity contribution in [3.63, 3.8) is 0 Å². The van der Waals surface area contributed by atoms with Crippen molar-refractivity contribution >= 4 is 5.91 Å². The van der Waals surface area contributed by atoms with Crippen LogP contribution in [0.4, 0.5) is 0 Å². The molecule has 0 radical (unpaired) electrons. The summed E-state index contributed by atoms with van der Waals surface area (Å²) in [4.78, 5) is 17.9. The zero-order chi connectivity index (χ0) is 21.3. The highest BCUT2D eigenvalue weighted by Gasteiger charge is 2.25. The number of ether oxygens (including phenoxy) is 3. The molecule has 1 aliphatic rings. The van der Waals surface area contributed by atoms with Crippen LogP contribution in [0.1, 0.15) is 29.8 Å². The number of benzene rings is 2. The summed E-state index contributed by atoms with van der Waals surface area (Å²) < 4.78 is 16.5. The van der Waals surface area contributed by atoms with Crippen molar-refractivity contribution in [1.29, 1.82) is 0 Å². The van der Waals surface area contributed by atoms with Crippen molar-refractivity contribution in [3.05, 3.63) is 59.7 Å². The number of nitrogens with zero attached hydrogens (tertiary/aromatic N) is 2. The third-order valence-electron chi connectivity index (χ3n) is 5.33. The number of methoxy groups -OCH3 is 1. The molecule has 1 unspecified atom stereocenters. The Morgan fingerprint density at radius 2 is 1.87 bits per heavy atom. The van der Waals surface area contributed by atoms with E-state index in [-0.39, 0.29) is 11.9 Å². The molecule has 1 atom stereocenters. The Kier molecular flexibility index (Phi) is 8.11. The van der Waals surface area contributed by atoms with E-state index in [0.29, 0.717) is 30.2 Å². The van der Waals surface area contributed by atoms with E-state index in [0.717, 1.165) is 38.4 Å². The van der Waals surface area contributed by atoms with Crippen LogP contribution in [0.5, 0.6) is 11.5 Å². The van der Waals surface area contributed by atoms with Gasteiger partial charge in [0.05, 0.1) is 26.9 Å². The van der Waals surface area contributed by atoms with E-state index < -0.39 is 0 Å². The van der Waals surface area contributed by atoms with Crippen molar-refractivity contribution < 1.29 is 19.0 Å². The molecule has 30 heavy (non-hydrogen) atoms. The fourth-order valence-corrected chi connectivity index (χ4v) is 3.71. The molecule has 0 aliphatic carbocycles. The van der Waals surface area contributed by atoms with Crippen molar-refractivity contribution in [1.82, 2.24) is 9.80 Å². The van der Waals surface area contributed by atoms with E-state index >= 15 is 0 Å². The number of amides is 1. The smallest absolute Gasteiger partial charge is 0.254 e. The highest BCUT2D eigenvalue weighted by molar-refractivity contribution is 5.95. The van der Waals surface area contributed by atoms with Crippen molar-refractivity contribution in [2.45, 2.75) is 26.4 Å². The summed E-state index contributed by atoms with van der Waals surface area (Å²) in [7, 11) is 1.60. The molecule has 1 fully saturated rings. The molecule has 1 heterocycles. The van der Waals surface area contributed by atoms with E-state index in [4.69, 9.17) is 14.2 Å². The molecule has 1 amide bonds. The molecule has 0 N–H and O–H groups in total. The Morgan fingerprint density at radius 3 is 2.53 bits per heavy atom. The van der Waals surface area contributed by atoms with Crippen LogP contribution in [0, 0.1) is 0 Å². The first kappa shape index (κ1) is 22.1. The van der Waals surface area contributed by atoms with Gasteiger partial charge in [0.1, 0.15) is 0 Å². The largest absolute Gasteiger partial charge is 0.493 e. The maximum absolute atomic E-state index is 13.6. The topological polar surface area (TPSA) is 51.2 Å². The molecule has 2 aromatic carbocycles.